The summed E-state index contributed by atoms with van der Waals surface area (Å²) in [5.41, 5.74) is 2.17. The molecule has 2 aromatic carbocycles. The number of benzene rings is 2. The number of ether oxygens (including phenoxy) is 1. The number of carbonyl (C=O) groups is 2. The summed E-state index contributed by atoms with van der Waals surface area (Å²) in [7, 11) is 0. The van der Waals surface area contributed by atoms with Crippen molar-refractivity contribution in [1.82, 2.24) is 10.6 Å². The molecular formula is C22H26N2O3. The first-order valence-corrected chi connectivity index (χ1v) is 9.47. The molecular weight excluding hydrogens is 340 g/mol. The van der Waals surface area contributed by atoms with Crippen LogP contribution >= 0.6 is 0 Å². The minimum atomic E-state index is -0.185. The molecule has 0 radical (unpaired) electrons. The van der Waals surface area contributed by atoms with E-state index in [-0.39, 0.29) is 30.4 Å². The summed E-state index contributed by atoms with van der Waals surface area (Å²) in [5, 5.41) is 5.55. The zero-order chi connectivity index (χ0) is 18.9. The van der Waals surface area contributed by atoms with Gasteiger partial charge in [-0.2, -0.15) is 0 Å². The van der Waals surface area contributed by atoms with Gasteiger partial charge in [-0.25, -0.2) is 0 Å². The van der Waals surface area contributed by atoms with E-state index in [0.717, 1.165) is 30.6 Å². The summed E-state index contributed by atoms with van der Waals surface area (Å²) in [4.78, 5) is 24.4. The summed E-state index contributed by atoms with van der Waals surface area (Å²) in [5.74, 6) is -0.364. The first kappa shape index (κ1) is 19.1. The Morgan fingerprint density at radius 3 is 2.11 bits per heavy atom. The van der Waals surface area contributed by atoms with E-state index in [4.69, 9.17) is 4.74 Å². The van der Waals surface area contributed by atoms with E-state index in [1.165, 1.54) is 0 Å². The lowest BCUT2D eigenvalue weighted by molar-refractivity contribution is -0.126. The van der Waals surface area contributed by atoms with E-state index in [9.17, 15) is 9.59 Å². The van der Waals surface area contributed by atoms with Crippen molar-refractivity contribution in [2.75, 3.05) is 19.7 Å². The first-order valence-electron chi connectivity index (χ1n) is 9.47. The Balaban J connectivity index is 1.52. The van der Waals surface area contributed by atoms with Crippen LogP contribution in [-0.2, 0) is 14.3 Å². The molecule has 0 bridgehead atoms. The van der Waals surface area contributed by atoms with Crippen molar-refractivity contribution >= 4 is 11.8 Å². The number of amides is 2. The van der Waals surface area contributed by atoms with Gasteiger partial charge in [-0.3, -0.25) is 9.59 Å². The Morgan fingerprint density at radius 1 is 0.926 bits per heavy atom. The monoisotopic (exact) mass is 366 g/mol. The first-order chi connectivity index (χ1) is 13.2. The zero-order valence-electron chi connectivity index (χ0n) is 15.4. The Morgan fingerprint density at radius 2 is 1.56 bits per heavy atom. The molecule has 1 atom stereocenters. The third-order valence-corrected chi connectivity index (χ3v) is 4.79. The highest BCUT2D eigenvalue weighted by Crippen LogP contribution is 2.27. The van der Waals surface area contributed by atoms with E-state index in [0.29, 0.717) is 13.0 Å². The van der Waals surface area contributed by atoms with Gasteiger partial charge in [0.1, 0.15) is 0 Å². The fraction of sp³-hybridized carbons (Fsp3) is 0.364. The Kier molecular flexibility index (Phi) is 6.99. The zero-order valence-corrected chi connectivity index (χ0v) is 15.4. The fourth-order valence-corrected chi connectivity index (χ4v) is 3.33. The fourth-order valence-electron chi connectivity index (χ4n) is 3.33. The van der Waals surface area contributed by atoms with Gasteiger partial charge in [0.25, 0.3) is 0 Å². The molecule has 1 fully saturated rings. The van der Waals surface area contributed by atoms with Gasteiger partial charge in [0, 0.05) is 25.5 Å². The van der Waals surface area contributed by atoms with E-state index in [2.05, 4.69) is 10.6 Å². The maximum atomic E-state index is 12.4. The Bertz CT molecular complexity index is 688. The SMILES string of the molecule is O=C(CNC(=O)CC(c1ccccc1)c1ccccc1)NCC1CCCO1. The lowest BCUT2D eigenvalue weighted by Crippen LogP contribution is -2.40. The second-order valence-corrected chi connectivity index (χ2v) is 6.79. The predicted molar refractivity (Wildman–Crippen MR) is 104 cm³/mol. The molecule has 1 heterocycles. The second-order valence-electron chi connectivity index (χ2n) is 6.79. The summed E-state index contributed by atoms with van der Waals surface area (Å²) in [6, 6.07) is 19.9. The molecule has 0 aromatic heterocycles. The van der Waals surface area contributed by atoms with Gasteiger partial charge in [0.2, 0.25) is 11.8 Å². The maximum absolute atomic E-state index is 12.4. The summed E-state index contributed by atoms with van der Waals surface area (Å²) in [6.45, 7) is 1.25. The molecule has 1 aliphatic rings. The smallest absolute Gasteiger partial charge is 0.239 e. The molecule has 2 amide bonds. The van der Waals surface area contributed by atoms with Crippen LogP contribution in [0.1, 0.15) is 36.3 Å². The van der Waals surface area contributed by atoms with Crippen LogP contribution in [-0.4, -0.2) is 37.6 Å². The van der Waals surface area contributed by atoms with E-state index in [1.54, 1.807) is 0 Å². The molecule has 1 aliphatic heterocycles. The molecule has 142 valence electrons. The molecule has 3 rings (SSSR count). The van der Waals surface area contributed by atoms with E-state index < -0.39 is 0 Å². The van der Waals surface area contributed by atoms with E-state index >= 15 is 0 Å². The molecule has 0 spiro atoms. The van der Waals surface area contributed by atoms with Gasteiger partial charge in [0.15, 0.2) is 0 Å². The van der Waals surface area contributed by atoms with Crippen molar-refractivity contribution in [1.29, 1.82) is 0 Å². The standard InChI is InChI=1S/C22H26N2O3/c25-21(24-16-22(26)23-15-19-12-7-13-27-19)14-20(17-8-3-1-4-9-17)18-10-5-2-6-11-18/h1-6,8-11,19-20H,7,12-16H2,(H,23,26)(H,24,25). The highest BCUT2D eigenvalue weighted by atomic mass is 16.5. The second kappa shape index (κ2) is 9.88. The topological polar surface area (TPSA) is 67.4 Å². The van der Waals surface area contributed by atoms with Crippen molar-refractivity contribution in [3.05, 3.63) is 71.8 Å². The van der Waals surface area contributed by atoms with Crippen molar-refractivity contribution < 1.29 is 14.3 Å². The van der Waals surface area contributed by atoms with Gasteiger partial charge < -0.3 is 15.4 Å². The molecule has 2 N–H and O–H groups in total. The lowest BCUT2D eigenvalue weighted by atomic mass is 9.88. The minimum Gasteiger partial charge on any atom is -0.376 e. The normalized spacial score (nSPS) is 16.3. The van der Waals surface area contributed by atoms with Crippen molar-refractivity contribution in [2.45, 2.75) is 31.3 Å². The maximum Gasteiger partial charge on any atom is 0.239 e. The van der Waals surface area contributed by atoms with Crippen LogP contribution < -0.4 is 10.6 Å². The summed E-state index contributed by atoms with van der Waals surface area (Å²) in [6.07, 6.45) is 2.41. The van der Waals surface area contributed by atoms with Gasteiger partial charge >= 0.3 is 0 Å². The van der Waals surface area contributed by atoms with Crippen LogP contribution in [0, 0.1) is 0 Å². The number of nitrogens with one attached hydrogen (secondary N) is 2. The van der Waals surface area contributed by atoms with E-state index in [1.807, 2.05) is 60.7 Å². The summed E-state index contributed by atoms with van der Waals surface area (Å²) < 4.78 is 5.48. The summed E-state index contributed by atoms with van der Waals surface area (Å²) >= 11 is 0. The molecule has 1 saturated heterocycles. The molecule has 27 heavy (non-hydrogen) atoms. The number of rotatable bonds is 8. The van der Waals surface area contributed by atoms with Crippen LogP contribution in [0.4, 0.5) is 0 Å². The van der Waals surface area contributed by atoms with Crippen molar-refractivity contribution in [3.8, 4) is 0 Å². The van der Waals surface area contributed by atoms with Crippen LogP contribution in [0.2, 0.25) is 0 Å². The number of carbonyl (C=O) groups excluding carboxylic acids is 2. The Labute approximate surface area is 160 Å². The average molecular weight is 366 g/mol. The predicted octanol–water partition coefficient (Wildman–Crippen LogP) is 2.62. The molecule has 1 unspecified atom stereocenters. The average Bonchev–Trinajstić information content (AvgIpc) is 3.24. The third kappa shape index (κ3) is 5.93. The van der Waals surface area contributed by atoms with Gasteiger partial charge in [-0.15, -0.1) is 0 Å². The van der Waals surface area contributed by atoms with Crippen LogP contribution in [0.5, 0.6) is 0 Å². The minimum absolute atomic E-state index is 0.0121. The van der Waals surface area contributed by atoms with Crippen LogP contribution in [0.25, 0.3) is 0 Å². The van der Waals surface area contributed by atoms with Crippen LogP contribution in [0.3, 0.4) is 0 Å². The lowest BCUT2D eigenvalue weighted by Gasteiger charge is -2.18. The van der Waals surface area contributed by atoms with Gasteiger partial charge in [0.05, 0.1) is 12.6 Å². The third-order valence-electron chi connectivity index (χ3n) is 4.79. The molecule has 5 heteroatoms. The molecule has 0 aliphatic carbocycles. The van der Waals surface area contributed by atoms with Crippen LogP contribution in [0.15, 0.2) is 60.7 Å². The molecule has 0 saturated carbocycles. The van der Waals surface area contributed by atoms with Gasteiger partial charge in [-0.1, -0.05) is 60.7 Å². The van der Waals surface area contributed by atoms with Crippen molar-refractivity contribution in [2.24, 2.45) is 0 Å². The highest BCUT2D eigenvalue weighted by molar-refractivity contribution is 5.85. The highest BCUT2D eigenvalue weighted by Gasteiger charge is 2.19. The van der Waals surface area contributed by atoms with Crippen molar-refractivity contribution in [3.63, 3.8) is 0 Å². The quantitative estimate of drug-likeness (QED) is 0.755. The number of hydrogen-bond acceptors (Lipinski definition) is 3. The molecule has 5 nitrogen and oxygen atoms in total. The molecule has 2 aromatic rings. The van der Waals surface area contributed by atoms with Gasteiger partial charge in [-0.05, 0) is 24.0 Å². The number of hydrogen-bond donors (Lipinski definition) is 2. The Hall–Kier alpha value is -2.66. The largest absolute Gasteiger partial charge is 0.376 e.